The number of ether oxygens (including phenoxy) is 2. The van der Waals surface area contributed by atoms with E-state index in [1.54, 1.807) is 30.3 Å². The van der Waals surface area contributed by atoms with Crippen molar-refractivity contribution in [1.82, 2.24) is 10.2 Å². The normalized spacial score (nSPS) is 23.2. The van der Waals surface area contributed by atoms with Gasteiger partial charge in [-0.15, -0.1) is 0 Å². The number of carbonyl (C=O) groups excluding carboxylic acids is 3. The summed E-state index contributed by atoms with van der Waals surface area (Å²) in [5.74, 6) is -1.97. The average molecular weight is 518 g/mol. The van der Waals surface area contributed by atoms with E-state index in [-0.39, 0.29) is 12.3 Å². The minimum absolute atomic E-state index is 0.194. The van der Waals surface area contributed by atoms with Gasteiger partial charge in [-0.2, -0.15) is 0 Å². The van der Waals surface area contributed by atoms with Crippen LogP contribution in [0, 0.1) is 10.1 Å². The molecule has 2 aliphatic heterocycles. The maximum Gasteiger partial charge on any atom is 0.330 e. The zero-order valence-electron chi connectivity index (χ0n) is 19.3. The molecule has 36 heavy (non-hydrogen) atoms. The van der Waals surface area contributed by atoms with Gasteiger partial charge in [-0.1, -0.05) is 30.3 Å². The highest BCUT2D eigenvalue weighted by Gasteiger charge is 2.72. The molecule has 0 aromatic heterocycles. The van der Waals surface area contributed by atoms with Crippen LogP contribution in [0.15, 0.2) is 54.6 Å². The van der Waals surface area contributed by atoms with Gasteiger partial charge in [0.05, 0.1) is 4.92 Å². The zero-order chi connectivity index (χ0) is 26.3. The molecular weight excluding hydrogens is 494 g/mol. The molecule has 2 fully saturated rings. The highest BCUT2D eigenvalue weighted by Crippen LogP contribution is 2.46. The van der Waals surface area contributed by atoms with Crippen molar-refractivity contribution in [2.24, 2.45) is 0 Å². The quantitative estimate of drug-likeness (QED) is 0.232. The Hall–Kier alpha value is -4.00. The Morgan fingerprint density at radius 3 is 2.50 bits per heavy atom. The lowest BCUT2D eigenvalue weighted by molar-refractivity contribution is -0.384. The predicted octanol–water partition coefficient (Wildman–Crippen LogP) is 0.946. The second kappa shape index (κ2) is 9.22. The minimum atomic E-state index is -4.10. The van der Waals surface area contributed by atoms with Gasteiger partial charge >= 0.3 is 5.97 Å². The fourth-order valence-corrected chi connectivity index (χ4v) is 6.51. The Morgan fingerprint density at radius 2 is 1.83 bits per heavy atom. The number of hydrogen-bond donors (Lipinski definition) is 1. The number of carbonyl (C=O) groups is 3. The molecule has 3 atom stereocenters. The van der Waals surface area contributed by atoms with Crippen LogP contribution in [0.3, 0.4) is 0 Å². The van der Waals surface area contributed by atoms with E-state index in [0.29, 0.717) is 11.3 Å². The van der Waals surface area contributed by atoms with E-state index in [1.165, 1.54) is 38.1 Å². The molecule has 0 unspecified atom stereocenters. The fourth-order valence-electron chi connectivity index (χ4n) is 4.30. The molecule has 2 saturated heterocycles. The molecule has 190 valence electrons. The zero-order valence-corrected chi connectivity index (χ0v) is 20.1. The first-order valence-electron chi connectivity index (χ1n) is 10.9. The highest BCUT2D eigenvalue weighted by atomic mass is 32.2. The summed E-state index contributed by atoms with van der Waals surface area (Å²) in [6, 6.07) is 11.1. The van der Waals surface area contributed by atoms with E-state index in [9.17, 15) is 32.9 Å². The van der Waals surface area contributed by atoms with Crippen molar-refractivity contribution < 1.29 is 37.2 Å². The third-order valence-electron chi connectivity index (χ3n) is 6.22. The van der Waals surface area contributed by atoms with E-state index in [4.69, 9.17) is 9.47 Å². The molecule has 1 N–H and O–H groups in total. The lowest BCUT2D eigenvalue weighted by Gasteiger charge is -2.42. The van der Waals surface area contributed by atoms with E-state index < -0.39 is 61.4 Å². The number of esters is 1. The van der Waals surface area contributed by atoms with E-state index in [0.717, 1.165) is 4.90 Å². The molecule has 12 nitrogen and oxygen atoms in total. The molecule has 2 aromatic rings. The topological polar surface area (TPSA) is 162 Å². The van der Waals surface area contributed by atoms with Crippen LogP contribution in [0.5, 0.6) is 5.75 Å². The van der Waals surface area contributed by atoms with Crippen LogP contribution >= 0.6 is 0 Å². The Kier molecular flexibility index (Phi) is 6.43. The average Bonchev–Trinajstić information content (AvgIpc) is 2.99. The number of fused-ring (bicyclic) bond motifs is 1. The molecule has 0 aliphatic carbocycles. The predicted molar refractivity (Wildman–Crippen MR) is 124 cm³/mol. The van der Waals surface area contributed by atoms with Crippen molar-refractivity contribution in [3.63, 3.8) is 0 Å². The number of hydrogen-bond acceptors (Lipinski definition) is 9. The molecule has 13 heteroatoms. The number of nitrogens with one attached hydrogen (secondary N) is 1. The minimum Gasteiger partial charge on any atom is -0.484 e. The number of amides is 2. The maximum absolute atomic E-state index is 13.2. The first-order valence-corrected chi connectivity index (χ1v) is 12.4. The lowest BCUT2D eigenvalue weighted by atomic mass is 9.96. The Balaban J connectivity index is 1.45. The number of benzene rings is 2. The third kappa shape index (κ3) is 4.26. The Labute approximate surface area is 206 Å². The molecule has 0 bridgehead atoms. The third-order valence-corrected chi connectivity index (χ3v) is 9.05. The van der Waals surface area contributed by atoms with E-state index in [1.807, 2.05) is 0 Å². The van der Waals surface area contributed by atoms with Gasteiger partial charge in [-0.3, -0.25) is 19.7 Å². The van der Waals surface area contributed by atoms with Crippen molar-refractivity contribution in [2.75, 3.05) is 6.61 Å². The summed E-state index contributed by atoms with van der Waals surface area (Å²) in [5.41, 5.74) is 0.131. The summed E-state index contributed by atoms with van der Waals surface area (Å²) in [7, 11) is -4.10. The number of para-hydroxylation sites is 1. The summed E-state index contributed by atoms with van der Waals surface area (Å²) in [6.45, 7) is 1.84. The standard InChI is InChI=1S/C23H23N3O9S/c1-23(2)19(22(29)35-12-14-7-6-8-15(11-14)26(30)31)25-20(28)18(21(25)36(23,32)33)24-17(27)13-34-16-9-4-3-5-10-16/h3-11,18-19,21H,12-13H2,1-2H3,(H,24,27)/t18-,19+,21-/m1/s1. The first-order chi connectivity index (χ1) is 16.9. The second-order valence-electron chi connectivity index (χ2n) is 8.87. The van der Waals surface area contributed by atoms with Gasteiger partial charge in [0.2, 0.25) is 5.91 Å². The highest BCUT2D eigenvalue weighted by molar-refractivity contribution is 7.94. The number of sulfone groups is 1. The fraction of sp³-hybridized carbons (Fsp3) is 0.348. The number of nitro benzene ring substituents is 1. The van der Waals surface area contributed by atoms with Crippen LogP contribution in [0.2, 0.25) is 0 Å². The van der Waals surface area contributed by atoms with Gasteiger partial charge in [0.15, 0.2) is 21.8 Å². The van der Waals surface area contributed by atoms with Crippen LogP contribution in [0.1, 0.15) is 19.4 Å². The van der Waals surface area contributed by atoms with Gasteiger partial charge in [0, 0.05) is 12.1 Å². The van der Waals surface area contributed by atoms with Crippen LogP contribution in [-0.2, 0) is 35.6 Å². The Morgan fingerprint density at radius 1 is 1.14 bits per heavy atom. The summed E-state index contributed by atoms with van der Waals surface area (Å²) in [6.07, 6.45) is 0. The number of non-ortho nitro benzene ring substituents is 1. The van der Waals surface area contributed by atoms with Gasteiger partial charge < -0.3 is 19.7 Å². The summed E-state index contributed by atoms with van der Waals surface area (Å²) in [5, 5.41) is 11.9. The van der Waals surface area contributed by atoms with Crippen molar-refractivity contribution >= 4 is 33.3 Å². The molecule has 4 rings (SSSR count). The molecule has 0 saturated carbocycles. The van der Waals surface area contributed by atoms with Gasteiger partial charge in [0.25, 0.3) is 11.6 Å². The van der Waals surface area contributed by atoms with Crippen LogP contribution in [-0.4, -0.2) is 64.8 Å². The monoisotopic (exact) mass is 517 g/mol. The molecular formula is C23H23N3O9S. The van der Waals surface area contributed by atoms with Gasteiger partial charge in [-0.25, -0.2) is 13.2 Å². The molecule has 0 spiro atoms. The SMILES string of the molecule is CC1(C)[C@H](C(=O)OCc2cccc([N+](=O)[O-])c2)N2C(=O)[C@@H](NC(=O)COc3ccccc3)[C@H]2S1(=O)=O. The van der Waals surface area contributed by atoms with Crippen molar-refractivity contribution in [2.45, 2.75) is 42.7 Å². The smallest absolute Gasteiger partial charge is 0.330 e. The van der Waals surface area contributed by atoms with E-state index in [2.05, 4.69) is 5.32 Å². The second-order valence-corrected chi connectivity index (χ2v) is 11.5. The molecule has 2 heterocycles. The number of β-lactam (4-membered cyclic amide) rings is 1. The molecule has 2 aliphatic rings. The summed E-state index contributed by atoms with van der Waals surface area (Å²) >= 11 is 0. The first kappa shape index (κ1) is 25.1. The van der Waals surface area contributed by atoms with Gasteiger partial charge in [-0.05, 0) is 31.5 Å². The van der Waals surface area contributed by atoms with Crippen molar-refractivity contribution in [3.8, 4) is 5.75 Å². The van der Waals surface area contributed by atoms with Crippen LogP contribution in [0.4, 0.5) is 5.69 Å². The molecule has 2 amide bonds. The van der Waals surface area contributed by atoms with Crippen molar-refractivity contribution in [1.29, 1.82) is 0 Å². The number of nitrogens with zero attached hydrogens (tertiary/aromatic N) is 2. The van der Waals surface area contributed by atoms with Crippen LogP contribution in [0.25, 0.3) is 0 Å². The molecule has 0 radical (unpaired) electrons. The van der Waals surface area contributed by atoms with Gasteiger partial charge in [0.1, 0.15) is 29.2 Å². The number of rotatable bonds is 8. The maximum atomic E-state index is 13.2. The number of nitro groups is 1. The largest absolute Gasteiger partial charge is 0.484 e. The Bertz CT molecular complexity index is 1330. The lowest BCUT2D eigenvalue weighted by Crippen LogP contribution is -2.72. The molecule has 2 aromatic carbocycles. The van der Waals surface area contributed by atoms with Crippen LogP contribution < -0.4 is 10.1 Å². The van der Waals surface area contributed by atoms with Crippen molar-refractivity contribution in [3.05, 3.63) is 70.3 Å². The van der Waals surface area contributed by atoms with E-state index >= 15 is 0 Å². The summed E-state index contributed by atoms with van der Waals surface area (Å²) in [4.78, 5) is 49.4. The summed E-state index contributed by atoms with van der Waals surface area (Å²) < 4.78 is 35.4.